The third kappa shape index (κ3) is 4.69. The smallest absolute Gasteiger partial charge is 0.133 e. The van der Waals surface area contributed by atoms with Gasteiger partial charge in [0.25, 0.3) is 0 Å². The van der Waals surface area contributed by atoms with Crippen LogP contribution in [0.2, 0.25) is 0 Å². The Bertz CT molecular complexity index is 515. The van der Waals surface area contributed by atoms with Crippen molar-refractivity contribution < 1.29 is 14.9 Å². The fraction of sp³-hybridized carbons (Fsp3) is 0.667. The van der Waals surface area contributed by atoms with Crippen molar-refractivity contribution >= 4 is 15.9 Å². The molecule has 1 aromatic rings. The fourth-order valence-corrected chi connectivity index (χ4v) is 4.17. The summed E-state index contributed by atoms with van der Waals surface area (Å²) in [4.78, 5) is 2.29. The summed E-state index contributed by atoms with van der Waals surface area (Å²) in [5.74, 6) is 0.735. The van der Waals surface area contributed by atoms with Gasteiger partial charge in [0, 0.05) is 17.6 Å². The SMILES string of the molecule is CC1(C)CC(O)CC(C)(C)N1C[C@H](O)COc1ccccc1Br. The van der Waals surface area contributed by atoms with Crippen LogP contribution in [-0.2, 0) is 0 Å². The van der Waals surface area contributed by atoms with E-state index in [-0.39, 0.29) is 23.8 Å². The molecule has 0 spiro atoms. The quantitative estimate of drug-likeness (QED) is 0.816. The van der Waals surface area contributed by atoms with Crippen molar-refractivity contribution in [2.45, 2.75) is 63.8 Å². The molecule has 2 rings (SSSR count). The number of rotatable bonds is 5. The lowest BCUT2D eigenvalue weighted by molar-refractivity contribution is -0.1000. The van der Waals surface area contributed by atoms with E-state index in [9.17, 15) is 10.2 Å². The average molecular weight is 386 g/mol. The molecule has 2 N–H and O–H groups in total. The molecule has 1 aliphatic rings. The van der Waals surface area contributed by atoms with Crippen molar-refractivity contribution in [3.05, 3.63) is 28.7 Å². The highest BCUT2D eigenvalue weighted by Crippen LogP contribution is 2.38. The van der Waals surface area contributed by atoms with Crippen molar-refractivity contribution in [2.24, 2.45) is 0 Å². The van der Waals surface area contributed by atoms with E-state index in [1.54, 1.807) is 0 Å². The number of aliphatic hydroxyl groups excluding tert-OH is 2. The molecule has 0 unspecified atom stereocenters. The van der Waals surface area contributed by atoms with E-state index in [1.165, 1.54) is 0 Å². The third-order valence-electron chi connectivity index (χ3n) is 4.59. The van der Waals surface area contributed by atoms with Crippen LogP contribution in [0.1, 0.15) is 40.5 Å². The van der Waals surface area contributed by atoms with E-state index in [0.29, 0.717) is 19.4 Å². The van der Waals surface area contributed by atoms with E-state index in [1.807, 2.05) is 24.3 Å². The molecule has 1 saturated heterocycles. The second-order valence-electron chi connectivity index (χ2n) is 7.69. The highest BCUT2D eigenvalue weighted by Gasteiger charge is 2.45. The molecular weight excluding hydrogens is 358 g/mol. The largest absolute Gasteiger partial charge is 0.490 e. The van der Waals surface area contributed by atoms with Crippen LogP contribution in [0.15, 0.2) is 28.7 Å². The standard InChI is InChI=1S/C18H28BrNO3/c1-17(2)9-13(21)10-18(3,4)20(17)11-14(22)12-23-16-8-6-5-7-15(16)19/h5-8,13-14,21-22H,9-12H2,1-4H3/t14-/m0/s1. The zero-order valence-corrected chi connectivity index (χ0v) is 16.0. The molecule has 1 heterocycles. The number of aliphatic hydroxyl groups is 2. The number of nitrogens with zero attached hydrogens (tertiary/aromatic N) is 1. The summed E-state index contributed by atoms with van der Waals surface area (Å²) in [6.45, 7) is 9.26. The summed E-state index contributed by atoms with van der Waals surface area (Å²) in [7, 11) is 0. The first-order chi connectivity index (χ1) is 10.6. The van der Waals surface area contributed by atoms with Crippen LogP contribution in [0.5, 0.6) is 5.75 Å². The maximum atomic E-state index is 10.4. The molecule has 5 heteroatoms. The Labute approximate surface area is 147 Å². The minimum Gasteiger partial charge on any atom is -0.490 e. The lowest BCUT2D eigenvalue weighted by atomic mass is 9.78. The second kappa shape index (κ2) is 7.09. The van der Waals surface area contributed by atoms with Gasteiger partial charge in [-0.3, -0.25) is 4.90 Å². The molecular formula is C18H28BrNO3. The number of piperidine rings is 1. The summed E-state index contributed by atoms with van der Waals surface area (Å²) < 4.78 is 6.61. The molecule has 130 valence electrons. The summed E-state index contributed by atoms with van der Waals surface area (Å²) >= 11 is 3.44. The zero-order valence-electron chi connectivity index (χ0n) is 14.4. The molecule has 23 heavy (non-hydrogen) atoms. The van der Waals surface area contributed by atoms with Crippen LogP contribution in [-0.4, -0.2) is 51.6 Å². The van der Waals surface area contributed by atoms with Gasteiger partial charge in [-0.25, -0.2) is 0 Å². The van der Waals surface area contributed by atoms with Crippen LogP contribution < -0.4 is 4.74 Å². The highest BCUT2D eigenvalue weighted by atomic mass is 79.9. The second-order valence-corrected chi connectivity index (χ2v) is 8.55. The summed E-state index contributed by atoms with van der Waals surface area (Å²) in [5.41, 5.74) is -0.315. The Hall–Kier alpha value is -0.620. The molecule has 0 aromatic heterocycles. The van der Waals surface area contributed by atoms with Gasteiger partial charge in [-0.1, -0.05) is 12.1 Å². The normalized spacial score (nSPS) is 22.7. The van der Waals surface area contributed by atoms with E-state index < -0.39 is 6.10 Å². The predicted octanol–water partition coefficient (Wildman–Crippen LogP) is 3.20. The molecule has 0 saturated carbocycles. The molecule has 0 aliphatic carbocycles. The number of hydrogen-bond donors (Lipinski definition) is 2. The lowest BCUT2D eigenvalue weighted by Crippen LogP contribution is -2.63. The Kier molecular flexibility index (Phi) is 5.77. The van der Waals surface area contributed by atoms with Gasteiger partial charge in [0.05, 0.1) is 10.6 Å². The summed E-state index contributed by atoms with van der Waals surface area (Å²) in [6.07, 6.45) is 0.559. The van der Waals surface area contributed by atoms with E-state index in [4.69, 9.17) is 4.74 Å². The first-order valence-electron chi connectivity index (χ1n) is 8.13. The van der Waals surface area contributed by atoms with E-state index in [2.05, 4.69) is 48.5 Å². The van der Waals surface area contributed by atoms with Crippen molar-refractivity contribution in [1.29, 1.82) is 0 Å². The van der Waals surface area contributed by atoms with Crippen LogP contribution in [0.4, 0.5) is 0 Å². The molecule has 1 aliphatic heterocycles. The van der Waals surface area contributed by atoms with Gasteiger partial charge in [0.1, 0.15) is 18.5 Å². The minimum absolute atomic E-state index is 0.157. The number of halogens is 1. The Morgan fingerprint density at radius 2 is 1.78 bits per heavy atom. The Morgan fingerprint density at radius 1 is 1.22 bits per heavy atom. The van der Waals surface area contributed by atoms with E-state index in [0.717, 1.165) is 10.2 Å². The maximum absolute atomic E-state index is 10.4. The molecule has 0 amide bonds. The van der Waals surface area contributed by atoms with E-state index >= 15 is 0 Å². The number of ether oxygens (including phenoxy) is 1. The van der Waals surface area contributed by atoms with Gasteiger partial charge in [0.15, 0.2) is 0 Å². The molecule has 1 aromatic carbocycles. The van der Waals surface area contributed by atoms with Gasteiger partial charge in [0.2, 0.25) is 0 Å². The van der Waals surface area contributed by atoms with Gasteiger partial charge in [-0.15, -0.1) is 0 Å². The van der Waals surface area contributed by atoms with Crippen LogP contribution >= 0.6 is 15.9 Å². The average Bonchev–Trinajstić information content (AvgIpc) is 2.41. The predicted molar refractivity (Wildman–Crippen MR) is 95.7 cm³/mol. The highest BCUT2D eigenvalue weighted by molar-refractivity contribution is 9.10. The lowest BCUT2D eigenvalue weighted by Gasteiger charge is -2.54. The topological polar surface area (TPSA) is 52.9 Å². The van der Waals surface area contributed by atoms with Crippen LogP contribution in [0.3, 0.4) is 0 Å². The molecule has 0 radical (unpaired) electrons. The van der Waals surface area contributed by atoms with Gasteiger partial charge in [-0.05, 0) is 68.6 Å². The monoisotopic (exact) mass is 385 g/mol. The number of hydrogen-bond acceptors (Lipinski definition) is 4. The zero-order chi connectivity index (χ0) is 17.3. The van der Waals surface area contributed by atoms with Gasteiger partial charge < -0.3 is 14.9 Å². The first-order valence-corrected chi connectivity index (χ1v) is 8.92. The number of likely N-dealkylation sites (tertiary alicyclic amines) is 1. The summed E-state index contributed by atoms with van der Waals surface area (Å²) in [6, 6.07) is 7.63. The number of β-amino-alcohol motifs (C(OH)–C–C–N with tert-alkyl or cyclic N) is 1. The van der Waals surface area contributed by atoms with Crippen LogP contribution in [0, 0.1) is 0 Å². The van der Waals surface area contributed by atoms with Crippen molar-refractivity contribution in [3.8, 4) is 5.75 Å². The van der Waals surface area contributed by atoms with Crippen molar-refractivity contribution in [2.75, 3.05) is 13.2 Å². The molecule has 1 atom stereocenters. The van der Waals surface area contributed by atoms with Gasteiger partial charge in [-0.2, -0.15) is 0 Å². The number of para-hydroxylation sites is 1. The van der Waals surface area contributed by atoms with Crippen molar-refractivity contribution in [3.63, 3.8) is 0 Å². The molecule has 1 fully saturated rings. The maximum Gasteiger partial charge on any atom is 0.133 e. The third-order valence-corrected chi connectivity index (χ3v) is 5.25. The molecule has 4 nitrogen and oxygen atoms in total. The Balaban J connectivity index is 1.98. The van der Waals surface area contributed by atoms with Gasteiger partial charge >= 0.3 is 0 Å². The Morgan fingerprint density at radius 3 is 2.35 bits per heavy atom. The molecule has 0 bridgehead atoms. The first kappa shape index (κ1) is 18.7. The van der Waals surface area contributed by atoms with Crippen LogP contribution in [0.25, 0.3) is 0 Å². The number of benzene rings is 1. The fourth-order valence-electron chi connectivity index (χ4n) is 3.77. The van der Waals surface area contributed by atoms with Crippen molar-refractivity contribution in [1.82, 2.24) is 4.90 Å². The summed E-state index contributed by atoms with van der Waals surface area (Å²) in [5, 5.41) is 20.5. The minimum atomic E-state index is -0.587.